The minimum Gasteiger partial charge on any atom is -0.481 e. The molecule has 2 rings (SSSR count). The van der Waals surface area contributed by atoms with Crippen LogP contribution in [0.1, 0.15) is 37.8 Å². The van der Waals surface area contributed by atoms with Crippen molar-refractivity contribution in [1.29, 1.82) is 0 Å². The minimum absolute atomic E-state index is 0.154. The Morgan fingerprint density at radius 2 is 2.11 bits per heavy atom. The fourth-order valence-electron chi connectivity index (χ4n) is 2.29. The number of halogens is 2. The molecular weight excluding hydrogens is 285 g/mol. The molecule has 1 saturated carbocycles. The van der Waals surface area contributed by atoms with Crippen molar-refractivity contribution in [2.24, 2.45) is 0 Å². The van der Waals surface area contributed by atoms with E-state index < -0.39 is 5.97 Å². The molecule has 1 atom stereocenters. The maximum absolute atomic E-state index is 10.7. The van der Waals surface area contributed by atoms with Gasteiger partial charge >= 0.3 is 5.97 Å². The van der Waals surface area contributed by atoms with Gasteiger partial charge in [-0.05, 0) is 37.5 Å². The second kappa shape index (κ2) is 6.12. The van der Waals surface area contributed by atoms with Gasteiger partial charge in [0.1, 0.15) is 0 Å². The summed E-state index contributed by atoms with van der Waals surface area (Å²) in [7, 11) is 0. The van der Waals surface area contributed by atoms with Gasteiger partial charge in [-0.1, -0.05) is 29.3 Å². The number of nitrogens with zero attached hydrogens (tertiary/aromatic N) is 1. The zero-order valence-electron chi connectivity index (χ0n) is 10.8. The molecule has 0 heterocycles. The number of hydrogen-bond acceptors (Lipinski definition) is 2. The van der Waals surface area contributed by atoms with Crippen molar-refractivity contribution in [1.82, 2.24) is 4.90 Å². The van der Waals surface area contributed by atoms with Gasteiger partial charge in [0.2, 0.25) is 0 Å². The van der Waals surface area contributed by atoms with Crippen LogP contribution in [0.3, 0.4) is 0 Å². The number of aliphatic carboxylic acids is 1. The molecule has 0 spiro atoms. The van der Waals surface area contributed by atoms with Crippen molar-refractivity contribution in [2.75, 3.05) is 6.54 Å². The predicted molar refractivity (Wildman–Crippen MR) is 76.9 cm³/mol. The van der Waals surface area contributed by atoms with Crippen LogP contribution in [0.2, 0.25) is 10.0 Å². The van der Waals surface area contributed by atoms with E-state index in [2.05, 4.69) is 11.8 Å². The summed E-state index contributed by atoms with van der Waals surface area (Å²) in [6.45, 7) is 2.65. The second-order valence-electron chi connectivity index (χ2n) is 4.96. The molecule has 1 aromatic rings. The van der Waals surface area contributed by atoms with Gasteiger partial charge in [-0.3, -0.25) is 9.69 Å². The zero-order valence-corrected chi connectivity index (χ0v) is 12.3. The SMILES string of the molecule is CC(c1ccc(Cl)c(Cl)c1)N(CCC(=O)O)C1CC1. The van der Waals surface area contributed by atoms with Crippen molar-refractivity contribution >= 4 is 29.2 Å². The van der Waals surface area contributed by atoms with Crippen LogP contribution in [0.4, 0.5) is 0 Å². The molecule has 1 aromatic carbocycles. The first-order chi connectivity index (χ1) is 8.99. The Bertz CT molecular complexity index is 475. The Kier molecular flexibility index (Phi) is 4.71. The van der Waals surface area contributed by atoms with Crippen LogP contribution in [0.15, 0.2) is 18.2 Å². The Labute approximate surface area is 123 Å². The highest BCUT2D eigenvalue weighted by molar-refractivity contribution is 6.42. The summed E-state index contributed by atoms with van der Waals surface area (Å²) in [5.74, 6) is -0.757. The average molecular weight is 302 g/mol. The summed E-state index contributed by atoms with van der Waals surface area (Å²) < 4.78 is 0. The third-order valence-corrected chi connectivity index (χ3v) is 4.26. The lowest BCUT2D eigenvalue weighted by Gasteiger charge is -2.29. The molecule has 0 aliphatic heterocycles. The molecule has 1 aliphatic carbocycles. The Morgan fingerprint density at radius 1 is 1.42 bits per heavy atom. The smallest absolute Gasteiger partial charge is 0.304 e. The highest BCUT2D eigenvalue weighted by Crippen LogP contribution is 2.35. The summed E-state index contributed by atoms with van der Waals surface area (Å²) >= 11 is 12.0. The van der Waals surface area contributed by atoms with Crippen LogP contribution in [0, 0.1) is 0 Å². The molecule has 1 N–H and O–H groups in total. The fraction of sp³-hybridized carbons (Fsp3) is 0.500. The third-order valence-electron chi connectivity index (χ3n) is 3.52. The van der Waals surface area contributed by atoms with Crippen LogP contribution < -0.4 is 0 Å². The van der Waals surface area contributed by atoms with Gasteiger partial charge in [-0.15, -0.1) is 0 Å². The summed E-state index contributed by atoms with van der Waals surface area (Å²) in [6, 6.07) is 6.27. The van der Waals surface area contributed by atoms with Crippen LogP contribution in [0.5, 0.6) is 0 Å². The summed E-state index contributed by atoms with van der Waals surface area (Å²) in [4.78, 5) is 13.0. The fourth-order valence-corrected chi connectivity index (χ4v) is 2.59. The van der Waals surface area contributed by atoms with Crippen molar-refractivity contribution in [3.8, 4) is 0 Å². The maximum atomic E-state index is 10.7. The van der Waals surface area contributed by atoms with Crippen LogP contribution >= 0.6 is 23.2 Å². The molecular formula is C14H17Cl2NO2. The number of hydrogen-bond donors (Lipinski definition) is 1. The Morgan fingerprint density at radius 3 is 2.63 bits per heavy atom. The van der Waals surface area contributed by atoms with Crippen molar-refractivity contribution < 1.29 is 9.90 Å². The summed E-state index contributed by atoms with van der Waals surface area (Å²) in [6.07, 6.45) is 2.46. The van der Waals surface area contributed by atoms with E-state index in [1.807, 2.05) is 12.1 Å². The molecule has 0 amide bonds. The number of rotatable bonds is 6. The summed E-state index contributed by atoms with van der Waals surface area (Å²) in [5.41, 5.74) is 1.08. The molecule has 19 heavy (non-hydrogen) atoms. The van der Waals surface area contributed by atoms with E-state index in [9.17, 15) is 4.79 Å². The molecule has 0 bridgehead atoms. The van der Waals surface area contributed by atoms with E-state index in [1.165, 1.54) is 0 Å². The second-order valence-corrected chi connectivity index (χ2v) is 5.78. The van der Waals surface area contributed by atoms with Gasteiger partial charge in [-0.25, -0.2) is 0 Å². The van der Waals surface area contributed by atoms with Gasteiger partial charge in [0.15, 0.2) is 0 Å². The van der Waals surface area contributed by atoms with Crippen LogP contribution in [0.25, 0.3) is 0 Å². The normalized spacial score (nSPS) is 16.6. The average Bonchev–Trinajstić information content (AvgIpc) is 3.16. The van der Waals surface area contributed by atoms with E-state index in [0.29, 0.717) is 22.6 Å². The highest BCUT2D eigenvalue weighted by atomic mass is 35.5. The quantitative estimate of drug-likeness (QED) is 0.863. The minimum atomic E-state index is -0.757. The summed E-state index contributed by atoms with van der Waals surface area (Å²) in [5, 5.41) is 9.92. The van der Waals surface area contributed by atoms with E-state index in [0.717, 1.165) is 18.4 Å². The monoisotopic (exact) mass is 301 g/mol. The lowest BCUT2D eigenvalue weighted by Crippen LogP contribution is -2.31. The largest absolute Gasteiger partial charge is 0.481 e. The van der Waals surface area contributed by atoms with Crippen molar-refractivity contribution in [2.45, 2.75) is 38.3 Å². The molecule has 0 radical (unpaired) electrons. The standard InChI is InChI=1S/C14H17Cl2NO2/c1-9(10-2-5-12(15)13(16)8-10)17(11-3-4-11)7-6-14(18)19/h2,5,8-9,11H,3-4,6-7H2,1H3,(H,18,19). The van der Waals surface area contributed by atoms with Gasteiger partial charge in [0, 0.05) is 18.6 Å². The molecule has 0 aromatic heterocycles. The van der Waals surface area contributed by atoms with E-state index >= 15 is 0 Å². The number of carbonyl (C=O) groups is 1. The first-order valence-corrected chi connectivity index (χ1v) is 7.17. The molecule has 3 nitrogen and oxygen atoms in total. The Hall–Kier alpha value is -0.770. The lowest BCUT2D eigenvalue weighted by molar-refractivity contribution is -0.137. The molecule has 5 heteroatoms. The topological polar surface area (TPSA) is 40.5 Å². The van der Waals surface area contributed by atoms with E-state index in [1.54, 1.807) is 6.07 Å². The predicted octanol–water partition coefficient (Wildman–Crippen LogP) is 3.99. The number of carboxylic acids is 1. The first-order valence-electron chi connectivity index (χ1n) is 6.41. The molecule has 1 unspecified atom stereocenters. The van der Waals surface area contributed by atoms with Gasteiger partial charge in [0.25, 0.3) is 0 Å². The zero-order chi connectivity index (χ0) is 14.0. The van der Waals surface area contributed by atoms with E-state index in [-0.39, 0.29) is 12.5 Å². The van der Waals surface area contributed by atoms with Gasteiger partial charge in [-0.2, -0.15) is 0 Å². The number of carboxylic acid groups (broad SMARTS) is 1. The van der Waals surface area contributed by atoms with Crippen molar-refractivity contribution in [3.63, 3.8) is 0 Å². The van der Waals surface area contributed by atoms with E-state index in [4.69, 9.17) is 28.3 Å². The van der Waals surface area contributed by atoms with Gasteiger partial charge < -0.3 is 5.11 Å². The maximum Gasteiger partial charge on any atom is 0.304 e. The van der Waals surface area contributed by atoms with Gasteiger partial charge in [0.05, 0.1) is 16.5 Å². The molecule has 104 valence electrons. The molecule has 1 aliphatic rings. The van der Waals surface area contributed by atoms with Crippen LogP contribution in [-0.4, -0.2) is 28.6 Å². The van der Waals surface area contributed by atoms with Crippen molar-refractivity contribution in [3.05, 3.63) is 33.8 Å². The first kappa shape index (κ1) is 14.6. The lowest BCUT2D eigenvalue weighted by atomic mass is 10.1. The highest BCUT2D eigenvalue weighted by Gasteiger charge is 2.32. The Balaban J connectivity index is 2.11. The number of benzene rings is 1. The third kappa shape index (κ3) is 3.85. The molecule has 1 fully saturated rings. The van der Waals surface area contributed by atoms with Crippen LogP contribution in [-0.2, 0) is 4.79 Å². The molecule has 0 saturated heterocycles.